The van der Waals surface area contributed by atoms with E-state index in [0.29, 0.717) is 19.6 Å². The van der Waals surface area contributed by atoms with Crippen LogP contribution in [-0.2, 0) is 17.9 Å². The third-order valence-corrected chi connectivity index (χ3v) is 5.37. The largest absolute Gasteiger partial charge is 0.337 e. The highest BCUT2D eigenvalue weighted by atomic mass is 16.2. The summed E-state index contributed by atoms with van der Waals surface area (Å²) in [6, 6.07) is 18.0. The first-order valence-corrected chi connectivity index (χ1v) is 9.89. The Kier molecular flexibility index (Phi) is 5.15. The Morgan fingerprint density at radius 3 is 2.29 bits per heavy atom. The number of carbonyl (C=O) groups is 1. The molecule has 28 heavy (non-hydrogen) atoms. The Hall–Kier alpha value is -3.08. The number of para-hydroxylation sites is 2. The molecule has 0 atom stereocenters. The van der Waals surface area contributed by atoms with Crippen molar-refractivity contribution in [3.05, 3.63) is 76.7 Å². The molecule has 1 aromatic heterocycles. The van der Waals surface area contributed by atoms with Gasteiger partial charge in [-0.25, -0.2) is 4.79 Å². The topological polar surface area (TPSA) is 47.2 Å². The quantitative estimate of drug-likeness (QED) is 0.685. The number of carbonyl (C=O) groups excluding carboxylic acids is 1. The third-order valence-electron chi connectivity index (χ3n) is 5.37. The maximum absolute atomic E-state index is 12.9. The number of amides is 1. The monoisotopic (exact) mass is 375 g/mol. The van der Waals surface area contributed by atoms with Crippen LogP contribution in [0.3, 0.4) is 0 Å². The molecule has 0 saturated carbocycles. The number of imidazole rings is 1. The average molecular weight is 375 g/mol. The van der Waals surface area contributed by atoms with E-state index in [0.717, 1.165) is 23.9 Å². The zero-order chi connectivity index (χ0) is 19.5. The van der Waals surface area contributed by atoms with Crippen molar-refractivity contribution >= 4 is 22.5 Å². The molecule has 1 aliphatic rings. The molecule has 0 fully saturated rings. The molecular formula is C23H25N3O2. The summed E-state index contributed by atoms with van der Waals surface area (Å²) in [6.07, 6.45) is 3.84. The van der Waals surface area contributed by atoms with Crippen molar-refractivity contribution in [2.24, 2.45) is 0 Å². The molecule has 1 amide bonds. The normalized spacial score (nSPS) is 14.3. The standard InChI is InChI=1S/C23H25N3O2/c1-2-14-25-20-10-6-7-11-21(20)26(23(25)28)17-22(27)24-15-12-19(13-16-24)18-8-4-3-5-9-18/h3-12H,2,13-17H2,1H3. The summed E-state index contributed by atoms with van der Waals surface area (Å²) in [6.45, 7) is 4.07. The van der Waals surface area contributed by atoms with Crippen molar-refractivity contribution < 1.29 is 4.79 Å². The maximum atomic E-state index is 12.9. The van der Waals surface area contributed by atoms with E-state index >= 15 is 0 Å². The second kappa shape index (κ2) is 7.89. The van der Waals surface area contributed by atoms with Crippen molar-refractivity contribution in [1.29, 1.82) is 0 Å². The maximum Gasteiger partial charge on any atom is 0.329 e. The van der Waals surface area contributed by atoms with Gasteiger partial charge in [-0.3, -0.25) is 13.9 Å². The Morgan fingerprint density at radius 2 is 1.64 bits per heavy atom. The number of benzene rings is 2. The minimum atomic E-state index is -0.103. The van der Waals surface area contributed by atoms with E-state index in [1.807, 2.05) is 54.3 Å². The molecule has 4 rings (SSSR count). The van der Waals surface area contributed by atoms with Gasteiger partial charge in [-0.2, -0.15) is 0 Å². The van der Waals surface area contributed by atoms with Gasteiger partial charge < -0.3 is 4.90 Å². The van der Waals surface area contributed by atoms with Gasteiger partial charge in [-0.05, 0) is 36.1 Å². The van der Waals surface area contributed by atoms with Crippen molar-refractivity contribution in [1.82, 2.24) is 14.0 Å². The summed E-state index contributed by atoms with van der Waals surface area (Å²) < 4.78 is 3.38. The van der Waals surface area contributed by atoms with Crippen LogP contribution < -0.4 is 5.69 Å². The molecule has 0 spiro atoms. The third kappa shape index (κ3) is 3.40. The van der Waals surface area contributed by atoms with Gasteiger partial charge in [0.1, 0.15) is 6.54 Å². The fourth-order valence-electron chi connectivity index (χ4n) is 3.91. The number of fused-ring (bicyclic) bond motifs is 1. The average Bonchev–Trinajstić information content (AvgIpc) is 3.01. The van der Waals surface area contributed by atoms with Gasteiger partial charge in [0.05, 0.1) is 11.0 Å². The van der Waals surface area contributed by atoms with Crippen LogP contribution in [-0.4, -0.2) is 33.0 Å². The number of rotatable bonds is 5. The highest BCUT2D eigenvalue weighted by Gasteiger charge is 2.21. The van der Waals surface area contributed by atoms with E-state index in [9.17, 15) is 9.59 Å². The predicted octanol–water partition coefficient (Wildman–Crippen LogP) is 3.53. The molecular weight excluding hydrogens is 350 g/mol. The molecule has 3 aromatic rings. The van der Waals surface area contributed by atoms with E-state index in [1.54, 1.807) is 9.13 Å². The Morgan fingerprint density at radius 1 is 0.964 bits per heavy atom. The predicted molar refractivity (Wildman–Crippen MR) is 112 cm³/mol. The minimum Gasteiger partial charge on any atom is -0.337 e. The van der Waals surface area contributed by atoms with E-state index < -0.39 is 0 Å². The summed E-state index contributed by atoms with van der Waals surface area (Å²) >= 11 is 0. The van der Waals surface area contributed by atoms with Gasteiger partial charge in [0, 0.05) is 19.6 Å². The first-order valence-electron chi connectivity index (χ1n) is 9.89. The Bertz CT molecular complexity index is 1080. The van der Waals surface area contributed by atoms with Crippen LogP contribution in [0.2, 0.25) is 0 Å². The lowest BCUT2D eigenvalue weighted by molar-refractivity contribution is -0.131. The van der Waals surface area contributed by atoms with Gasteiger partial charge in [-0.15, -0.1) is 0 Å². The molecule has 0 unspecified atom stereocenters. The van der Waals surface area contributed by atoms with E-state index in [2.05, 4.69) is 18.2 Å². The number of hydrogen-bond acceptors (Lipinski definition) is 2. The number of nitrogens with zero attached hydrogens (tertiary/aromatic N) is 3. The molecule has 5 heteroatoms. The molecule has 0 radical (unpaired) electrons. The van der Waals surface area contributed by atoms with Crippen LogP contribution in [0.15, 0.2) is 65.5 Å². The summed E-state index contributed by atoms with van der Waals surface area (Å²) in [5.41, 5.74) is 4.11. The van der Waals surface area contributed by atoms with Crippen molar-refractivity contribution in [2.45, 2.75) is 32.9 Å². The lowest BCUT2D eigenvalue weighted by atomic mass is 9.99. The summed E-state index contributed by atoms with van der Waals surface area (Å²) in [5, 5.41) is 0. The highest BCUT2D eigenvalue weighted by Crippen LogP contribution is 2.22. The van der Waals surface area contributed by atoms with E-state index in [1.165, 1.54) is 11.1 Å². The van der Waals surface area contributed by atoms with Gasteiger partial charge in [0.15, 0.2) is 0 Å². The smallest absolute Gasteiger partial charge is 0.329 e. The summed E-state index contributed by atoms with van der Waals surface area (Å²) in [7, 11) is 0. The zero-order valence-electron chi connectivity index (χ0n) is 16.2. The SMILES string of the molecule is CCCn1c(=O)n(CC(=O)N2CC=C(c3ccccc3)CC2)c2ccccc21. The number of aromatic nitrogens is 2. The minimum absolute atomic E-state index is 0.00939. The van der Waals surface area contributed by atoms with Crippen LogP contribution in [0.1, 0.15) is 25.3 Å². The van der Waals surface area contributed by atoms with Crippen molar-refractivity contribution in [2.75, 3.05) is 13.1 Å². The number of aryl methyl sites for hydroxylation is 1. The first-order chi connectivity index (χ1) is 13.7. The van der Waals surface area contributed by atoms with Crippen LogP contribution >= 0.6 is 0 Å². The lowest BCUT2D eigenvalue weighted by Gasteiger charge is -2.27. The molecule has 2 aromatic carbocycles. The van der Waals surface area contributed by atoms with Crippen LogP contribution in [0.25, 0.3) is 16.6 Å². The first kappa shape index (κ1) is 18.3. The lowest BCUT2D eigenvalue weighted by Crippen LogP contribution is -2.39. The molecule has 2 heterocycles. The Labute approximate surface area is 164 Å². The van der Waals surface area contributed by atoms with Gasteiger partial charge >= 0.3 is 5.69 Å². The summed E-state index contributed by atoms with van der Waals surface area (Å²) in [4.78, 5) is 27.6. The molecule has 0 N–H and O–H groups in total. The molecule has 144 valence electrons. The fourth-order valence-corrected chi connectivity index (χ4v) is 3.91. The second-order valence-corrected chi connectivity index (χ2v) is 7.19. The van der Waals surface area contributed by atoms with Gasteiger partial charge in [-0.1, -0.05) is 55.5 Å². The second-order valence-electron chi connectivity index (χ2n) is 7.19. The fraction of sp³-hybridized carbons (Fsp3) is 0.304. The van der Waals surface area contributed by atoms with E-state index in [4.69, 9.17) is 0 Å². The van der Waals surface area contributed by atoms with Crippen LogP contribution in [0.4, 0.5) is 0 Å². The Balaban J connectivity index is 1.54. The van der Waals surface area contributed by atoms with Gasteiger partial charge in [0.2, 0.25) is 5.91 Å². The zero-order valence-corrected chi connectivity index (χ0v) is 16.2. The van der Waals surface area contributed by atoms with E-state index in [-0.39, 0.29) is 18.1 Å². The molecule has 0 bridgehead atoms. The molecule has 0 aliphatic carbocycles. The van der Waals surface area contributed by atoms with Crippen LogP contribution in [0.5, 0.6) is 0 Å². The summed E-state index contributed by atoms with van der Waals surface area (Å²) in [5.74, 6) is -0.00939. The van der Waals surface area contributed by atoms with Crippen LogP contribution in [0, 0.1) is 0 Å². The van der Waals surface area contributed by atoms with Gasteiger partial charge in [0.25, 0.3) is 0 Å². The van der Waals surface area contributed by atoms with Crippen molar-refractivity contribution in [3.63, 3.8) is 0 Å². The molecule has 5 nitrogen and oxygen atoms in total. The number of hydrogen-bond donors (Lipinski definition) is 0. The molecule has 0 saturated heterocycles. The molecule has 1 aliphatic heterocycles. The van der Waals surface area contributed by atoms with Crippen molar-refractivity contribution in [3.8, 4) is 0 Å². The highest BCUT2D eigenvalue weighted by molar-refractivity contribution is 5.82.